The van der Waals surface area contributed by atoms with Gasteiger partial charge in [0.1, 0.15) is 6.61 Å². The number of hydrogen-bond acceptors (Lipinski definition) is 5. The molecule has 0 amide bonds. The van der Waals surface area contributed by atoms with Gasteiger partial charge in [-0.15, -0.1) is 0 Å². The summed E-state index contributed by atoms with van der Waals surface area (Å²) >= 11 is 5.98. The van der Waals surface area contributed by atoms with Gasteiger partial charge >= 0.3 is 5.97 Å². The van der Waals surface area contributed by atoms with Crippen molar-refractivity contribution >= 4 is 23.3 Å². The number of nitro benzene ring substituents is 1. The number of aromatic nitrogens is 2. The first-order chi connectivity index (χ1) is 12.9. The van der Waals surface area contributed by atoms with Crippen LogP contribution in [-0.4, -0.2) is 20.7 Å². The fourth-order valence-electron chi connectivity index (χ4n) is 2.70. The lowest BCUT2D eigenvalue weighted by Gasteiger charge is -2.08. The smallest absolute Gasteiger partial charge is 0.339 e. The standard InChI is InChI=1S/C19H16ClN3O4/c1-12-17(13(2)22(21-12)14-6-4-3-5-7-14)11-27-19(24)16-9-8-15(23(25)26)10-18(16)20/h3-10H,11H2,1-2H3. The molecule has 1 heterocycles. The fourth-order valence-corrected chi connectivity index (χ4v) is 2.95. The molecule has 0 N–H and O–H groups in total. The average Bonchev–Trinajstić information content (AvgIpc) is 2.94. The van der Waals surface area contributed by atoms with Crippen LogP contribution < -0.4 is 0 Å². The molecule has 27 heavy (non-hydrogen) atoms. The zero-order valence-corrected chi connectivity index (χ0v) is 15.4. The lowest BCUT2D eigenvalue weighted by Crippen LogP contribution is -2.07. The monoisotopic (exact) mass is 385 g/mol. The molecule has 0 aliphatic heterocycles. The first-order valence-corrected chi connectivity index (χ1v) is 8.48. The number of hydrogen-bond donors (Lipinski definition) is 0. The summed E-state index contributed by atoms with van der Waals surface area (Å²) in [6, 6.07) is 13.3. The second-order valence-electron chi connectivity index (χ2n) is 5.89. The van der Waals surface area contributed by atoms with Crippen LogP contribution in [-0.2, 0) is 11.3 Å². The van der Waals surface area contributed by atoms with E-state index < -0.39 is 10.9 Å². The van der Waals surface area contributed by atoms with E-state index in [1.54, 1.807) is 4.68 Å². The molecule has 7 nitrogen and oxygen atoms in total. The minimum absolute atomic E-state index is 0.0245. The molecule has 138 valence electrons. The highest BCUT2D eigenvalue weighted by Crippen LogP contribution is 2.24. The van der Waals surface area contributed by atoms with Gasteiger partial charge < -0.3 is 4.74 Å². The van der Waals surface area contributed by atoms with E-state index >= 15 is 0 Å². The summed E-state index contributed by atoms with van der Waals surface area (Å²) in [5.41, 5.74) is 3.21. The van der Waals surface area contributed by atoms with Gasteiger partial charge in [-0.3, -0.25) is 10.1 Å². The molecule has 0 aliphatic rings. The summed E-state index contributed by atoms with van der Waals surface area (Å²) in [6.07, 6.45) is 0. The van der Waals surface area contributed by atoms with E-state index in [1.807, 2.05) is 44.2 Å². The van der Waals surface area contributed by atoms with E-state index in [-0.39, 0.29) is 22.9 Å². The number of non-ortho nitro benzene ring substituents is 1. The number of ether oxygens (including phenoxy) is 1. The normalized spacial score (nSPS) is 10.6. The van der Waals surface area contributed by atoms with Crippen molar-refractivity contribution in [1.82, 2.24) is 9.78 Å². The number of para-hydroxylation sites is 1. The molecule has 0 saturated carbocycles. The number of nitrogens with zero attached hydrogens (tertiary/aromatic N) is 3. The van der Waals surface area contributed by atoms with Crippen LogP contribution in [0, 0.1) is 24.0 Å². The van der Waals surface area contributed by atoms with Crippen molar-refractivity contribution in [1.29, 1.82) is 0 Å². The first kappa shape index (κ1) is 18.6. The maximum Gasteiger partial charge on any atom is 0.339 e. The third kappa shape index (κ3) is 3.83. The Bertz CT molecular complexity index is 1020. The van der Waals surface area contributed by atoms with Gasteiger partial charge in [0.05, 0.1) is 26.9 Å². The molecule has 1 aromatic heterocycles. The van der Waals surface area contributed by atoms with Crippen molar-refractivity contribution in [2.24, 2.45) is 0 Å². The Labute approximate surface area is 160 Å². The molecule has 0 atom stereocenters. The number of nitro groups is 1. The number of rotatable bonds is 5. The third-order valence-electron chi connectivity index (χ3n) is 4.17. The topological polar surface area (TPSA) is 87.3 Å². The lowest BCUT2D eigenvalue weighted by molar-refractivity contribution is -0.384. The van der Waals surface area contributed by atoms with Crippen molar-refractivity contribution in [3.8, 4) is 5.69 Å². The van der Waals surface area contributed by atoms with E-state index in [0.717, 1.165) is 28.7 Å². The van der Waals surface area contributed by atoms with Gasteiger partial charge in [0.15, 0.2) is 0 Å². The van der Waals surface area contributed by atoms with E-state index in [9.17, 15) is 14.9 Å². The minimum Gasteiger partial charge on any atom is -0.457 e. The number of carbonyl (C=O) groups excluding carboxylic acids is 1. The second-order valence-corrected chi connectivity index (χ2v) is 6.30. The molecule has 0 fully saturated rings. The van der Waals surface area contributed by atoms with E-state index in [1.165, 1.54) is 12.1 Å². The van der Waals surface area contributed by atoms with Crippen molar-refractivity contribution in [2.75, 3.05) is 0 Å². The Morgan fingerprint density at radius 1 is 1.22 bits per heavy atom. The van der Waals surface area contributed by atoms with Crippen LogP contribution >= 0.6 is 11.6 Å². The third-order valence-corrected chi connectivity index (χ3v) is 4.49. The number of aryl methyl sites for hydroxylation is 1. The predicted molar refractivity (Wildman–Crippen MR) is 100 cm³/mol. The van der Waals surface area contributed by atoms with E-state index in [0.29, 0.717) is 0 Å². The second kappa shape index (κ2) is 7.59. The molecule has 8 heteroatoms. The van der Waals surface area contributed by atoms with Crippen LogP contribution in [0.1, 0.15) is 27.3 Å². The Balaban J connectivity index is 1.78. The summed E-state index contributed by atoms with van der Waals surface area (Å²) < 4.78 is 7.15. The summed E-state index contributed by atoms with van der Waals surface area (Å²) in [7, 11) is 0. The minimum atomic E-state index is -0.652. The molecular weight excluding hydrogens is 370 g/mol. The molecule has 3 rings (SSSR count). The summed E-state index contributed by atoms with van der Waals surface area (Å²) in [6.45, 7) is 3.76. The van der Waals surface area contributed by atoms with Crippen molar-refractivity contribution < 1.29 is 14.5 Å². The van der Waals surface area contributed by atoms with Crippen LogP contribution in [0.5, 0.6) is 0 Å². The van der Waals surface area contributed by atoms with Crippen LogP contribution in [0.25, 0.3) is 5.69 Å². The fraction of sp³-hybridized carbons (Fsp3) is 0.158. The van der Waals surface area contributed by atoms with Crippen molar-refractivity contribution in [3.05, 3.63) is 86.2 Å². The van der Waals surface area contributed by atoms with Crippen molar-refractivity contribution in [2.45, 2.75) is 20.5 Å². The van der Waals surface area contributed by atoms with Crippen LogP contribution in [0.15, 0.2) is 48.5 Å². The maximum absolute atomic E-state index is 12.3. The molecular formula is C19H16ClN3O4. The summed E-state index contributed by atoms with van der Waals surface area (Å²) in [5.74, 6) is -0.652. The van der Waals surface area contributed by atoms with Crippen LogP contribution in [0.3, 0.4) is 0 Å². The first-order valence-electron chi connectivity index (χ1n) is 8.10. The SMILES string of the molecule is Cc1nn(-c2ccccc2)c(C)c1COC(=O)c1ccc([N+](=O)[O-])cc1Cl. The van der Waals surface area contributed by atoms with Gasteiger partial charge in [-0.2, -0.15) is 5.10 Å². The Hall–Kier alpha value is -3.19. The van der Waals surface area contributed by atoms with Gasteiger partial charge in [0.2, 0.25) is 0 Å². The van der Waals surface area contributed by atoms with Gasteiger partial charge in [-0.05, 0) is 32.0 Å². The largest absolute Gasteiger partial charge is 0.457 e. The molecule has 0 unspecified atom stereocenters. The molecule has 0 radical (unpaired) electrons. The maximum atomic E-state index is 12.3. The molecule has 3 aromatic rings. The number of esters is 1. The molecule has 2 aromatic carbocycles. The number of benzene rings is 2. The summed E-state index contributed by atoms with van der Waals surface area (Å²) in [5, 5.41) is 15.2. The van der Waals surface area contributed by atoms with Gasteiger partial charge in [-0.1, -0.05) is 29.8 Å². The van der Waals surface area contributed by atoms with Gasteiger partial charge in [0, 0.05) is 23.4 Å². The predicted octanol–water partition coefficient (Wildman–Crippen LogP) is 4.41. The highest BCUT2D eigenvalue weighted by Gasteiger charge is 2.18. The zero-order valence-electron chi connectivity index (χ0n) is 14.7. The Morgan fingerprint density at radius 3 is 2.56 bits per heavy atom. The molecule has 0 saturated heterocycles. The van der Waals surface area contributed by atoms with Crippen LogP contribution in [0.2, 0.25) is 5.02 Å². The average molecular weight is 386 g/mol. The highest BCUT2D eigenvalue weighted by molar-refractivity contribution is 6.33. The Kier molecular flexibility index (Phi) is 5.23. The molecule has 0 bridgehead atoms. The number of carbonyl (C=O) groups is 1. The quantitative estimate of drug-likeness (QED) is 0.369. The zero-order chi connectivity index (χ0) is 19.6. The molecule has 0 aliphatic carbocycles. The lowest BCUT2D eigenvalue weighted by atomic mass is 10.2. The Morgan fingerprint density at radius 2 is 1.93 bits per heavy atom. The van der Waals surface area contributed by atoms with Gasteiger partial charge in [0.25, 0.3) is 5.69 Å². The van der Waals surface area contributed by atoms with E-state index in [4.69, 9.17) is 16.3 Å². The molecule has 0 spiro atoms. The van der Waals surface area contributed by atoms with E-state index in [2.05, 4.69) is 5.10 Å². The summed E-state index contributed by atoms with van der Waals surface area (Å²) in [4.78, 5) is 22.5. The van der Waals surface area contributed by atoms with Gasteiger partial charge in [-0.25, -0.2) is 9.48 Å². The van der Waals surface area contributed by atoms with Crippen molar-refractivity contribution in [3.63, 3.8) is 0 Å². The van der Waals surface area contributed by atoms with Crippen LogP contribution in [0.4, 0.5) is 5.69 Å². The number of halogens is 1. The highest BCUT2D eigenvalue weighted by atomic mass is 35.5.